The minimum Gasteiger partial charge on any atom is -0.354 e. The van der Waals surface area contributed by atoms with Gasteiger partial charge in [-0.25, -0.2) is 0 Å². The van der Waals surface area contributed by atoms with Crippen molar-refractivity contribution in [1.29, 1.82) is 5.26 Å². The summed E-state index contributed by atoms with van der Waals surface area (Å²) in [6.07, 6.45) is 0.364. The molecule has 1 rings (SSSR count). The zero-order chi connectivity index (χ0) is 13.8. The van der Waals surface area contributed by atoms with E-state index in [9.17, 15) is 4.79 Å². The third kappa shape index (κ3) is 4.21. The number of hydrogen-bond acceptors (Lipinski definition) is 2. The molecule has 1 amide bonds. The van der Waals surface area contributed by atoms with E-state index in [0.717, 1.165) is 5.56 Å². The molecular formula is C15H20N2O. The van der Waals surface area contributed by atoms with Crippen molar-refractivity contribution in [2.24, 2.45) is 5.41 Å². The summed E-state index contributed by atoms with van der Waals surface area (Å²) in [5.41, 5.74) is 2.91. The molecule has 1 aromatic rings. The first kappa shape index (κ1) is 14.2. The van der Waals surface area contributed by atoms with Gasteiger partial charge in [-0.3, -0.25) is 4.79 Å². The minimum absolute atomic E-state index is 0.0402. The Kier molecular flexibility index (Phi) is 4.49. The summed E-state index contributed by atoms with van der Waals surface area (Å²) in [5, 5.41) is 11.7. The van der Waals surface area contributed by atoms with Crippen LogP contribution in [-0.2, 0) is 11.2 Å². The smallest absolute Gasteiger partial charge is 0.224 e. The largest absolute Gasteiger partial charge is 0.354 e. The van der Waals surface area contributed by atoms with Crippen LogP contribution in [0, 0.1) is 30.6 Å². The van der Waals surface area contributed by atoms with Crippen LogP contribution in [0.1, 0.15) is 30.5 Å². The van der Waals surface area contributed by atoms with Crippen LogP contribution >= 0.6 is 0 Å². The second kappa shape index (κ2) is 5.68. The van der Waals surface area contributed by atoms with Gasteiger partial charge in [0.15, 0.2) is 0 Å². The topological polar surface area (TPSA) is 52.9 Å². The van der Waals surface area contributed by atoms with Gasteiger partial charge in [-0.05, 0) is 44.4 Å². The Morgan fingerprint density at radius 2 is 2.00 bits per heavy atom. The molecule has 3 nitrogen and oxygen atoms in total. The molecular weight excluding hydrogens is 224 g/mol. The summed E-state index contributed by atoms with van der Waals surface area (Å²) in [4.78, 5) is 11.8. The molecule has 18 heavy (non-hydrogen) atoms. The fraction of sp³-hybridized carbons (Fsp3) is 0.467. The highest BCUT2D eigenvalue weighted by Crippen LogP contribution is 2.12. The predicted molar refractivity (Wildman–Crippen MR) is 72.0 cm³/mol. The quantitative estimate of drug-likeness (QED) is 0.884. The molecule has 0 fully saturated rings. The summed E-state index contributed by atoms with van der Waals surface area (Å²) in [6, 6.07) is 8.19. The number of benzene rings is 1. The average Bonchev–Trinajstić information content (AvgIpc) is 2.32. The molecule has 0 saturated carbocycles. The molecule has 0 bridgehead atoms. The summed E-state index contributed by atoms with van der Waals surface area (Å²) < 4.78 is 0. The Balaban J connectivity index is 2.55. The monoisotopic (exact) mass is 244 g/mol. The normalized spacial score (nSPS) is 10.8. The van der Waals surface area contributed by atoms with Gasteiger partial charge < -0.3 is 5.32 Å². The number of carbonyl (C=O) groups excluding carboxylic acids is 1. The molecule has 0 aliphatic carbocycles. The maximum Gasteiger partial charge on any atom is 0.224 e. The van der Waals surface area contributed by atoms with Crippen LogP contribution in [-0.4, -0.2) is 12.5 Å². The summed E-state index contributed by atoms with van der Waals surface area (Å²) in [7, 11) is 0. The molecule has 0 heterocycles. The lowest BCUT2D eigenvalue weighted by Gasteiger charge is -2.15. The lowest BCUT2D eigenvalue weighted by Crippen LogP contribution is -2.34. The van der Waals surface area contributed by atoms with Crippen molar-refractivity contribution >= 4 is 5.91 Å². The highest BCUT2D eigenvalue weighted by Gasteiger charge is 2.17. The summed E-state index contributed by atoms with van der Waals surface area (Å²) in [5.74, 6) is -0.0402. The fourth-order valence-corrected chi connectivity index (χ4v) is 1.52. The molecule has 0 saturated heterocycles. The van der Waals surface area contributed by atoms with Gasteiger partial charge in [-0.15, -0.1) is 0 Å². The molecule has 0 aromatic heterocycles. The van der Waals surface area contributed by atoms with Crippen molar-refractivity contribution in [1.82, 2.24) is 5.32 Å². The van der Waals surface area contributed by atoms with Gasteiger partial charge in [0, 0.05) is 6.54 Å². The van der Waals surface area contributed by atoms with E-state index in [2.05, 4.69) is 18.3 Å². The van der Waals surface area contributed by atoms with Gasteiger partial charge in [0.2, 0.25) is 5.91 Å². The Bertz CT molecular complexity index is 484. The highest BCUT2D eigenvalue weighted by molar-refractivity contribution is 5.78. The van der Waals surface area contributed by atoms with E-state index in [1.165, 1.54) is 11.1 Å². The zero-order valence-electron chi connectivity index (χ0n) is 11.5. The number of hydrogen-bond donors (Lipinski definition) is 1. The lowest BCUT2D eigenvalue weighted by atomic mass is 9.96. The molecule has 1 aromatic carbocycles. The van der Waals surface area contributed by atoms with Crippen LogP contribution in [0.5, 0.6) is 0 Å². The van der Waals surface area contributed by atoms with Crippen molar-refractivity contribution < 1.29 is 4.79 Å². The SMILES string of the molecule is Cc1ccc(CC(=O)NCC(C)(C)C#N)cc1C. The van der Waals surface area contributed by atoms with Gasteiger partial charge in [0.05, 0.1) is 17.9 Å². The maximum absolute atomic E-state index is 11.8. The first-order chi connectivity index (χ1) is 8.34. The third-order valence-corrected chi connectivity index (χ3v) is 2.97. The molecule has 0 radical (unpaired) electrons. The number of nitriles is 1. The standard InChI is InChI=1S/C15H20N2O/c1-11-5-6-13(7-12(11)2)8-14(18)17-10-15(3,4)9-16/h5-7H,8,10H2,1-4H3,(H,17,18). The molecule has 0 spiro atoms. The van der Waals surface area contributed by atoms with Crippen LogP contribution in [0.3, 0.4) is 0 Å². The van der Waals surface area contributed by atoms with E-state index in [1.807, 2.05) is 39.0 Å². The van der Waals surface area contributed by atoms with Gasteiger partial charge in [-0.1, -0.05) is 18.2 Å². The van der Waals surface area contributed by atoms with Gasteiger partial charge >= 0.3 is 0 Å². The Morgan fingerprint density at radius 3 is 2.56 bits per heavy atom. The number of carbonyl (C=O) groups is 1. The molecule has 96 valence electrons. The molecule has 0 aliphatic rings. The van der Waals surface area contributed by atoms with Crippen molar-refractivity contribution in [3.63, 3.8) is 0 Å². The lowest BCUT2D eigenvalue weighted by molar-refractivity contribution is -0.120. The molecule has 0 unspecified atom stereocenters. The van der Waals surface area contributed by atoms with Crippen molar-refractivity contribution in [3.05, 3.63) is 34.9 Å². The van der Waals surface area contributed by atoms with Gasteiger partial charge in [0.1, 0.15) is 0 Å². The first-order valence-electron chi connectivity index (χ1n) is 6.08. The highest BCUT2D eigenvalue weighted by atomic mass is 16.1. The molecule has 3 heteroatoms. The molecule has 1 N–H and O–H groups in total. The van der Waals surface area contributed by atoms with Crippen LogP contribution < -0.4 is 5.32 Å². The van der Waals surface area contributed by atoms with Crippen molar-refractivity contribution in [3.8, 4) is 6.07 Å². The number of aryl methyl sites for hydroxylation is 2. The second-order valence-electron chi connectivity index (χ2n) is 5.37. The fourth-order valence-electron chi connectivity index (χ4n) is 1.52. The van der Waals surface area contributed by atoms with Crippen LogP contribution in [0.15, 0.2) is 18.2 Å². The average molecular weight is 244 g/mol. The number of nitrogens with one attached hydrogen (secondary N) is 1. The number of rotatable bonds is 4. The van der Waals surface area contributed by atoms with Crippen molar-refractivity contribution in [2.45, 2.75) is 34.1 Å². The van der Waals surface area contributed by atoms with E-state index in [4.69, 9.17) is 5.26 Å². The number of amides is 1. The zero-order valence-corrected chi connectivity index (χ0v) is 11.5. The third-order valence-electron chi connectivity index (χ3n) is 2.97. The first-order valence-corrected chi connectivity index (χ1v) is 6.08. The van der Waals surface area contributed by atoms with E-state index in [0.29, 0.717) is 13.0 Å². The maximum atomic E-state index is 11.8. The van der Waals surface area contributed by atoms with E-state index in [1.54, 1.807) is 0 Å². The Morgan fingerprint density at radius 1 is 1.33 bits per heavy atom. The summed E-state index contributed by atoms with van der Waals surface area (Å²) in [6.45, 7) is 8.09. The van der Waals surface area contributed by atoms with Gasteiger partial charge in [-0.2, -0.15) is 5.26 Å². The van der Waals surface area contributed by atoms with E-state index in [-0.39, 0.29) is 5.91 Å². The summed E-state index contributed by atoms with van der Waals surface area (Å²) >= 11 is 0. The predicted octanol–water partition coefficient (Wildman–Crippen LogP) is 2.51. The Labute approximate surface area is 109 Å². The van der Waals surface area contributed by atoms with Crippen LogP contribution in [0.2, 0.25) is 0 Å². The molecule has 0 aliphatic heterocycles. The van der Waals surface area contributed by atoms with Crippen LogP contribution in [0.25, 0.3) is 0 Å². The van der Waals surface area contributed by atoms with Crippen LogP contribution in [0.4, 0.5) is 0 Å². The van der Waals surface area contributed by atoms with E-state index < -0.39 is 5.41 Å². The second-order valence-corrected chi connectivity index (χ2v) is 5.37. The van der Waals surface area contributed by atoms with Crippen molar-refractivity contribution in [2.75, 3.05) is 6.54 Å². The minimum atomic E-state index is -0.515. The van der Waals surface area contributed by atoms with E-state index >= 15 is 0 Å². The molecule has 0 atom stereocenters. The Hall–Kier alpha value is -1.82. The van der Waals surface area contributed by atoms with Gasteiger partial charge in [0.25, 0.3) is 0 Å². The number of nitrogens with zero attached hydrogens (tertiary/aromatic N) is 1.